The Morgan fingerprint density at radius 2 is 1.88 bits per heavy atom. The van der Waals surface area contributed by atoms with Gasteiger partial charge in [0.05, 0.1) is 33.5 Å². The molecule has 1 amide bonds. The van der Waals surface area contributed by atoms with Gasteiger partial charge in [-0.05, 0) is 42.7 Å². The fourth-order valence-corrected chi connectivity index (χ4v) is 4.88. The van der Waals surface area contributed by atoms with E-state index in [1.807, 2.05) is 18.2 Å². The Bertz CT molecular complexity index is 1190. The summed E-state index contributed by atoms with van der Waals surface area (Å²) in [6.45, 7) is 1.13. The number of aromatic hydroxyl groups is 1. The van der Waals surface area contributed by atoms with E-state index in [-0.39, 0.29) is 17.8 Å². The first-order valence-corrected chi connectivity index (χ1v) is 11.2. The van der Waals surface area contributed by atoms with Crippen LogP contribution in [-0.4, -0.2) is 66.7 Å². The monoisotopic (exact) mass is 465 g/mol. The summed E-state index contributed by atoms with van der Waals surface area (Å²) in [5.41, 5.74) is 2.94. The highest BCUT2D eigenvalue weighted by molar-refractivity contribution is 6.00. The number of ether oxygens (including phenoxy) is 4. The third-order valence-electron chi connectivity index (χ3n) is 6.45. The van der Waals surface area contributed by atoms with Crippen LogP contribution in [0.25, 0.3) is 11.3 Å². The number of amides is 1. The minimum atomic E-state index is -0.492. The largest absolute Gasteiger partial charge is 0.507 e. The van der Waals surface area contributed by atoms with E-state index in [0.717, 1.165) is 18.4 Å². The molecule has 1 fully saturated rings. The first-order valence-electron chi connectivity index (χ1n) is 11.2. The number of carbonyl (C=O) groups is 1. The molecule has 9 heteroatoms. The van der Waals surface area contributed by atoms with Gasteiger partial charge in [0, 0.05) is 24.3 Å². The Morgan fingerprint density at radius 3 is 2.50 bits per heavy atom. The van der Waals surface area contributed by atoms with Crippen LogP contribution in [0.15, 0.2) is 36.4 Å². The van der Waals surface area contributed by atoms with Crippen LogP contribution in [0.1, 0.15) is 40.5 Å². The van der Waals surface area contributed by atoms with Gasteiger partial charge in [-0.15, -0.1) is 0 Å². The van der Waals surface area contributed by atoms with E-state index in [2.05, 4.69) is 10.2 Å². The molecule has 2 aliphatic heterocycles. The summed E-state index contributed by atoms with van der Waals surface area (Å²) in [5.74, 6) is 1.37. The first-order chi connectivity index (χ1) is 16.6. The SMILES string of the molecule is COc1cc([C@@H]2c3c(-c4ccccc4O)n[nH]c3C(=O)N2C[C@H]2CCCO2)cc(OC)c1OC. The number of phenols is 1. The highest BCUT2D eigenvalue weighted by Gasteiger charge is 2.44. The number of rotatable bonds is 7. The molecule has 9 nitrogen and oxygen atoms in total. The lowest BCUT2D eigenvalue weighted by atomic mass is 9.95. The van der Waals surface area contributed by atoms with Gasteiger partial charge in [0.15, 0.2) is 11.5 Å². The van der Waals surface area contributed by atoms with E-state index in [4.69, 9.17) is 18.9 Å². The lowest BCUT2D eigenvalue weighted by Gasteiger charge is -2.29. The number of aromatic amines is 1. The second kappa shape index (κ2) is 8.90. The van der Waals surface area contributed by atoms with Gasteiger partial charge >= 0.3 is 0 Å². The topological polar surface area (TPSA) is 106 Å². The van der Waals surface area contributed by atoms with Gasteiger partial charge in [-0.3, -0.25) is 9.89 Å². The van der Waals surface area contributed by atoms with Gasteiger partial charge in [-0.25, -0.2) is 0 Å². The van der Waals surface area contributed by atoms with Crippen molar-refractivity contribution in [1.29, 1.82) is 0 Å². The number of para-hydroxylation sites is 1. The molecule has 2 atom stereocenters. The van der Waals surface area contributed by atoms with Crippen LogP contribution in [-0.2, 0) is 4.74 Å². The number of benzene rings is 2. The third-order valence-corrected chi connectivity index (χ3v) is 6.45. The molecule has 0 bridgehead atoms. The smallest absolute Gasteiger partial charge is 0.273 e. The van der Waals surface area contributed by atoms with Crippen molar-refractivity contribution in [2.45, 2.75) is 25.0 Å². The number of H-pyrrole nitrogens is 1. The Morgan fingerprint density at radius 1 is 1.15 bits per heavy atom. The summed E-state index contributed by atoms with van der Waals surface area (Å²) in [6, 6.07) is 10.2. The van der Waals surface area contributed by atoms with Gasteiger partial charge < -0.3 is 29.0 Å². The van der Waals surface area contributed by atoms with Crippen molar-refractivity contribution in [3.63, 3.8) is 0 Å². The minimum absolute atomic E-state index is 0.0426. The third kappa shape index (κ3) is 3.52. The van der Waals surface area contributed by atoms with E-state index in [1.54, 1.807) is 44.4 Å². The molecule has 178 valence electrons. The second-order valence-electron chi connectivity index (χ2n) is 8.33. The molecule has 3 aromatic rings. The highest BCUT2D eigenvalue weighted by atomic mass is 16.5. The number of hydrogen-bond acceptors (Lipinski definition) is 7. The molecule has 0 unspecified atom stereocenters. The Labute approximate surface area is 197 Å². The van der Waals surface area contributed by atoms with E-state index in [9.17, 15) is 9.90 Å². The molecule has 1 aromatic heterocycles. The van der Waals surface area contributed by atoms with Crippen LogP contribution < -0.4 is 14.2 Å². The molecule has 2 aliphatic rings. The number of nitrogens with zero attached hydrogens (tertiary/aromatic N) is 2. The number of nitrogens with one attached hydrogen (secondary N) is 1. The molecule has 0 aliphatic carbocycles. The summed E-state index contributed by atoms with van der Waals surface area (Å²) in [7, 11) is 4.66. The Hall–Kier alpha value is -3.72. The first kappa shape index (κ1) is 22.1. The number of aromatic nitrogens is 2. The zero-order valence-corrected chi connectivity index (χ0v) is 19.3. The average Bonchev–Trinajstić information content (AvgIpc) is 3.58. The second-order valence-corrected chi connectivity index (χ2v) is 8.33. The molecule has 0 saturated carbocycles. The predicted molar refractivity (Wildman–Crippen MR) is 124 cm³/mol. The summed E-state index contributed by atoms with van der Waals surface area (Å²) in [6.07, 6.45) is 1.82. The minimum Gasteiger partial charge on any atom is -0.507 e. The van der Waals surface area contributed by atoms with Crippen molar-refractivity contribution in [3.8, 4) is 34.3 Å². The molecule has 2 N–H and O–H groups in total. The standard InChI is InChI=1S/C25H27N3O6/c1-31-18-11-14(12-19(32-2)24(18)33-3)23-20-21(16-8-4-5-9-17(16)29)26-27-22(20)25(30)28(23)13-15-7-6-10-34-15/h4-5,8-9,11-12,15,23,29H,6-7,10,13H2,1-3H3,(H,26,27)/t15-,23-/m1/s1. The average molecular weight is 466 g/mol. The van der Waals surface area contributed by atoms with Crippen LogP contribution in [0, 0.1) is 0 Å². The maximum atomic E-state index is 13.6. The van der Waals surface area contributed by atoms with Crippen molar-refractivity contribution in [2.24, 2.45) is 0 Å². The lowest BCUT2D eigenvalue weighted by molar-refractivity contribution is 0.0495. The number of fused-ring (bicyclic) bond motifs is 1. The van der Waals surface area contributed by atoms with Gasteiger partial charge in [-0.1, -0.05) is 12.1 Å². The molecule has 3 heterocycles. The number of hydrogen-bond donors (Lipinski definition) is 2. The maximum Gasteiger partial charge on any atom is 0.273 e. The molecule has 34 heavy (non-hydrogen) atoms. The van der Waals surface area contributed by atoms with E-state index in [0.29, 0.717) is 52.9 Å². The molecule has 5 rings (SSSR count). The van der Waals surface area contributed by atoms with E-state index in [1.165, 1.54) is 0 Å². The van der Waals surface area contributed by atoms with Gasteiger partial charge in [-0.2, -0.15) is 5.10 Å². The Balaban J connectivity index is 1.69. The number of phenolic OH excluding ortho intramolecular Hbond substituents is 1. The predicted octanol–water partition coefficient (Wildman–Crippen LogP) is 3.53. The molecule has 2 aromatic carbocycles. The normalized spacial score (nSPS) is 19.4. The highest BCUT2D eigenvalue weighted by Crippen LogP contribution is 2.48. The fraction of sp³-hybridized carbons (Fsp3) is 0.360. The molecular formula is C25H27N3O6. The summed E-state index contributed by atoms with van der Waals surface area (Å²) in [4.78, 5) is 15.4. The lowest BCUT2D eigenvalue weighted by Crippen LogP contribution is -2.36. The van der Waals surface area contributed by atoms with Crippen molar-refractivity contribution in [2.75, 3.05) is 34.5 Å². The van der Waals surface area contributed by atoms with Crippen molar-refractivity contribution < 1.29 is 28.8 Å². The summed E-state index contributed by atoms with van der Waals surface area (Å²) >= 11 is 0. The number of methoxy groups -OCH3 is 3. The molecular weight excluding hydrogens is 438 g/mol. The zero-order chi connectivity index (χ0) is 23.8. The van der Waals surface area contributed by atoms with Crippen molar-refractivity contribution in [1.82, 2.24) is 15.1 Å². The summed E-state index contributed by atoms with van der Waals surface area (Å²) in [5, 5.41) is 17.9. The van der Waals surface area contributed by atoms with Crippen LogP contribution in [0.4, 0.5) is 0 Å². The van der Waals surface area contributed by atoms with Crippen LogP contribution in [0.2, 0.25) is 0 Å². The quantitative estimate of drug-likeness (QED) is 0.550. The van der Waals surface area contributed by atoms with Crippen LogP contribution in [0.3, 0.4) is 0 Å². The zero-order valence-electron chi connectivity index (χ0n) is 19.3. The summed E-state index contributed by atoms with van der Waals surface area (Å²) < 4.78 is 22.5. The van der Waals surface area contributed by atoms with Crippen LogP contribution >= 0.6 is 0 Å². The van der Waals surface area contributed by atoms with Crippen molar-refractivity contribution >= 4 is 5.91 Å². The fourth-order valence-electron chi connectivity index (χ4n) is 4.88. The number of carbonyl (C=O) groups excluding carboxylic acids is 1. The molecule has 1 saturated heterocycles. The van der Waals surface area contributed by atoms with Crippen LogP contribution in [0.5, 0.6) is 23.0 Å². The van der Waals surface area contributed by atoms with Gasteiger partial charge in [0.1, 0.15) is 17.1 Å². The van der Waals surface area contributed by atoms with Gasteiger partial charge in [0.2, 0.25) is 5.75 Å². The molecule has 0 radical (unpaired) electrons. The van der Waals surface area contributed by atoms with Crippen molar-refractivity contribution in [3.05, 3.63) is 53.2 Å². The van der Waals surface area contributed by atoms with E-state index >= 15 is 0 Å². The van der Waals surface area contributed by atoms with Gasteiger partial charge in [0.25, 0.3) is 5.91 Å². The van der Waals surface area contributed by atoms with E-state index < -0.39 is 6.04 Å². The Kier molecular flexibility index (Phi) is 5.79. The maximum absolute atomic E-state index is 13.6. The molecule has 0 spiro atoms.